The highest BCUT2D eigenvalue weighted by Crippen LogP contribution is 2.27. The Bertz CT molecular complexity index is 464. The molecule has 8 nitrogen and oxygen atoms in total. The van der Waals surface area contributed by atoms with E-state index in [0.29, 0.717) is 0 Å². The number of rotatable bonds is 4. The minimum Gasteiger partial charge on any atom is -0.456 e. The lowest BCUT2D eigenvalue weighted by Crippen LogP contribution is -2.58. The smallest absolute Gasteiger partial charge is 0.456 e. The summed E-state index contributed by atoms with van der Waals surface area (Å²) in [4.78, 5) is 33.2. The van der Waals surface area contributed by atoms with Crippen molar-refractivity contribution in [1.29, 1.82) is 0 Å². The normalized spacial score (nSPS) is 27.9. The van der Waals surface area contributed by atoms with E-state index in [1.807, 2.05) is 0 Å². The highest BCUT2D eigenvalue weighted by molar-refractivity contribution is 5.76. The molecule has 0 aromatic rings. The molecule has 0 N–H and O–H groups in total. The molecule has 0 aromatic heterocycles. The quantitative estimate of drug-likeness (QED) is 0.532. The number of ether oxygens (including phenoxy) is 5. The van der Waals surface area contributed by atoms with Crippen LogP contribution in [-0.4, -0.2) is 62.4 Å². The standard InChI is InChI=1S/C12H15F3O8/c1-5(16)21-7-4-20-10(19-3)9(22-6(2)17)8(7)23-11(18)12(13,14)15/h7-10H,4H2,1-3H3/t7-,8+,9-,10-/m1/s1. The van der Waals surface area contributed by atoms with Crippen molar-refractivity contribution in [3.63, 3.8) is 0 Å². The first-order chi connectivity index (χ1) is 10.6. The van der Waals surface area contributed by atoms with Crippen molar-refractivity contribution in [2.75, 3.05) is 13.7 Å². The van der Waals surface area contributed by atoms with Gasteiger partial charge in [0, 0.05) is 21.0 Å². The Labute approximate surface area is 128 Å². The molecule has 132 valence electrons. The molecule has 0 aliphatic carbocycles. The molecule has 0 bridgehead atoms. The number of hydrogen-bond acceptors (Lipinski definition) is 8. The fourth-order valence-electron chi connectivity index (χ4n) is 1.91. The summed E-state index contributed by atoms with van der Waals surface area (Å²) < 4.78 is 61.1. The lowest BCUT2D eigenvalue weighted by Gasteiger charge is -2.39. The van der Waals surface area contributed by atoms with Crippen LogP contribution in [0.25, 0.3) is 0 Å². The topological polar surface area (TPSA) is 97.4 Å². The minimum atomic E-state index is -5.28. The fourth-order valence-corrected chi connectivity index (χ4v) is 1.91. The number of halogens is 3. The molecule has 23 heavy (non-hydrogen) atoms. The summed E-state index contributed by atoms with van der Waals surface area (Å²) in [5, 5.41) is 0. The largest absolute Gasteiger partial charge is 0.490 e. The van der Waals surface area contributed by atoms with Gasteiger partial charge in [0.25, 0.3) is 0 Å². The highest BCUT2D eigenvalue weighted by atomic mass is 19.4. The number of methoxy groups -OCH3 is 1. The Morgan fingerprint density at radius 2 is 1.57 bits per heavy atom. The first kappa shape index (κ1) is 19.2. The number of carbonyl (C=O) groups excluding carboxylic acids is 3. The maximum Gasteiger partial charge on any atom is 0.490 e. The van der Waals surface area contributed by atoms with E-state index in [4.69, 9.17) is 18.9 Å². The van der Waals surface area contributed by atoms with Gasteiger partial charge in [-0.05, 0) is 0 Å². The van der Waals surface area contributed by atoms with Crippen LogP contribution in [-0.2, 0) is 38.1 Å². The van der Waals surface area contributed by atoms with E-state index in [1.165, 1.54) is 0 Å². The second-order valence-electron chi connectivity index (χ2n) is 4.53. The van der Waals surface area contributed by atoms with Crippen LogP contribution in [0.15, 0.2) is 0 Å². The maximum atomic E-state index is 12.4. The van der Waals surface area contributed by atoms with Crippen molar-refractivity contribution >= 4 is 17.9 Å². The van der Waals surface area contributed by atoms with Gasteiger partial charge in [-0.2, -0.15) is 13.2 Å². The molecule has 1 saturated heterocycles. The Kier molecular flexibility index (Phi) is 6.33. The van der Waals surface area contributed by atoms with Crippen LogP contribution in [0.1, 0.15) is 13.8 Å². The van der Waals surface area contributed by atoms with Gasteiger partial charge in [-0.25, -0.2) is 4.79 Å². The van der Waals surface area contributed by atoms with Gasteiger partial charge >= 0.3 is 24.1 Å². The second-order valence-corrected chi connectivity index (χ2v) is 4.53. The highest BCUT2D eigenvalue weighted by Gasteiger charge is 2.51. The zero-order valence-electron chi connectivity index (χ0n) is 12.4. The molecule has 0 aromatic carbocycles. The number of alkyl halides is 3. The third kappa shape index (κ3) is 5.36. The van der Waals surface area contributed by atoms with Crippen molar-refractivity contribution < 1.29 is 51.2 Å². The van der Waals surface area contributed by atoms with E-state index in [2.05, 4.69) is 4.74 Å². The predicted molar refractivity (Wildman–Crippen MR) is 63.8 cm³/mol. The molecule has 0 amide bonds. The van der Waals surface area contributed by atoms with Gasteiger partial charge in [0.15, 0.2) is 24.6 Å². The average Bonchev–Trinajstić information content (AvgIpc) is 2.40. The van der Waals surface area contributed by atoms with Gasteiger partial charge in [-0.15, -0.1) is 0 Å². The molecule has 0 unspecified atom stereocenters. The van der Waals surface area contributed by atoms with Crippen molar-refractivity contribution in [1.82, 2.24) is 0 Å². The van der Waals surface area contributed by atoms with E-state index in [0.717, 1.165) is 21.0 Å². The van der Waals surface area contributed by atoms with Gasteiger partial charge in [-0.3, -0.25) is 9.59 Å². The maximum absolute atomic E-state index is 12.4. The van der Waals surface area contributed by atoms with Crippen LogP contribution in [0.4, 0.5) is 13.2 Å². The van der Waals surface area contributed by atoms with Crippen LogP contribution in [0.3, 0.4) is 0 Å². The van der Waals surface area contributed by atoms with Crippen LogP contribution in [0.5, 0.6) is 0 Å². The first-order valence-corrected chi connectivity index (χ1v) is 6.33. The Morgan fingerprint density at radius 1 is 1.00 bits per heavy atom. The van der Waals surface area contributed by atoms with Crippen LogP contribution < -0.4 is 0 Å². The number of esters is 3. The van der Waals surface area contributed by atoms with Gasteiger partial charge in [0.2, 0.25) is 0 Å². The minimum absolute atomic E-state index is 0.411. The molecular formula is C12H15F3O8. The Balaban J connectivity index is 3.06. The van der Waals surface area contributed by atoms with E-state index in [1.54, 1.807) is 0 Å². The zero-order chi connectivity index (χ0) is 17.8. The van der Waals surface area contributed by atoms with Gasteiger partial charge in [0.05, 0.1) is 6.61 Å². The van der Waals surface area contributed by atoms with Gasteiger partial charge in [-0.1, -0.05) is 0 Å². The summed E-state index contributed by atoms with van der Waals surface area (Å²) >= 11 is 0. The zero-order valence-corrected chi connectivity index (χ0v) is 12.4. The van der Waals surface area contributed by atoms with E-state index in [-0.39, 0.29) is 0 Å². The second kappa shape index (κ2) is 7.59. The van der Waals surface area contributed by atoms with E-state index in [9.17, 15) is 27.6 Å². The third-order valence-corrected chi connectivity index (χ3v) is 2.71. The summed E-state index contributed by atoms with van der Waals surface area (Å²) in [7, 11) is 1.15. The fraction of sp³-hybridized carbons (Fsp3) is 0.750. The van der Waals surface area contributed by atoms with Crippen LogP contribution in [0.2, 0.25) is 0 Å². The van der Waals surface area contributed by atoms with Crippen molar-refractivity contribution in [2.45, 2.75) is 44.6 Å². The molecular weight excluding hydrogens is 329 g/mol. The summed E-state index contributed by atoms with van der Waals surface area (Å²) in [6.45, 7) is 1.59. The summed E-state index contributed by atoms with van der Waals surface area (Å²) in [5.74, 6) is -4.24. The number of hydrogen-bond donors (Lipinski definition) is 0. The third-order valence-electron chi connectivity index (χ3n) is 2.71. The van der Waals surface area contributed by atoms with E-state index < -0.39 is 55.3 Å². The molecule has 1 fully saturated rings. The molecule has 4 atom stereocenters. The molecule has 1 rings (SSSR count). The first-order valence-electron chi connectivity index (χ1n) is 6.33. The summed E-state index contributed by atoms with van der Waals surface area (Å²) in [6, 6.07) is 0. The molecule has 1 aliphatic heterocycles. The molecule has 1 aliphatic rings. The molecule has 0 spiro atoms. The van der Waals surface area contributed by atoms with Crippen molar-refractivity contribution in [3.8, 4) is 0 Å². The van der Waals surface area contributed by atoms with Crippen molar-refractivity contribution in [3.05, 3.63) is 0 Å². The molecule has 11 heteroatoms. The molecule has 1 heterocycles. The lowest BCUT2D eigenvalue weighted by atomic mass is 10.0. The Morgan fingerprint density at radius 3 is 2.00 bits per heavy atom. The number of carbonyl (C=O) groups is 3. The molecule has 0 radical (unpaired) electrons. The van der Waals surface area contributed by atoms with Gasteiger partial charge in [0.1, 0.15) is 0 Å². The van der Waals surface area contributed by atoms with Crippen LogP contribution >= 0.6 is 0 Å². The van der Waals surface area contributed by atoms with Crippen molar-refractivity contribution in [2.24, 2.45) is 0 Å². The van der Waals surface area contributed by atoms with Crippen LogP contribution in [0, 0.1) is 0 Å². The SMILES string of the molecule is CO[C@@H]1OC[C@@H](OC(C)=O)[C@H](OC(=O)C(F)(F)F)[C@H]1OC(C)=O. The monoisotopic (exact) mass is 344 g/mol. The van der Waals surface area contributed by atoms with Gasteiger partial charge < -0.3 is 23.7 Å². The summed E-state index contributed by atoms with van der Waals surface area (Å²) in [5.41, 5.74) is 0. The lowest BCUT2D eigenvalue weighted by molar-refractivity contribution is -0.282. The molecule has 0 saturated carbocycles. The average molecular weight is 344 g/mol. The van der Waals surface area contributed by atoms with E-state index >= 15 is 0 Å². The Hall–Kier alpha value is -1.88. The predicted octanol–water partition coefficient (Wildman–Crippen LogP) is 0.327. The summed E-state index contributed by atoms with van der Waals surface area (Å²) in [6.07, 6.45) is -11.2.